The molecule has 0 spiro atoms. The minimum Gasteiger partial charge on any atom is -0.373 e. The van der Waals surface area contributed by atoms with Crippen LogP contribution in [0.3, 0.4) is 0 Å². The van der Waals surface area contributed by atoms with E-state index in [0.717, 1.165) is 33.9 Å². The summed E-state index contributed by atoms with van der Waals surface area (Å²) in [6.07, 6.45) is 0.791. The number of ether oxygens (including phenoxy) is 1. The molecule has 19 heavy (non-hydrogen) atoms. The smallest absolute Gasteiger partial charge is 0.160 e. The van der Waals surface area contributed by atoms with Crippen LogP contribution in [0.25, 0.3) is 0 Å². The van der Waals surface area contributed by atoms with Crippen LogP contribution in [-0.4, -0.2) is 23.6 Å². The lowest BCUT2D eigenvalue weighted by atomic mass is 9.88. The van der Waals surface area contributed by atoms with Crippen LogP contribution in [0.1, 0.15) is 52.2 Å². The second-order valence-electron chi connectivity index (χ2n) is 5.56. The van der Waals surface area contributed by atoms with Crippen molar-refractivity contribution in [3.63, 3.8) is 0 Å². The van der Waals surface area contributed by atoms with Gasteiger partial charge in [0.15, 0.2) is 5.82 Å². The van der Waals surface area contributed by atoms with Crippen LogP contribution in [0, 0.1) is 8.99 Å². The van der Waals surface area contributed by atoms with E-state index < -0.39 is 0 Å². The third-order valence-electron chi connectivity index (χ3n) is 2.87. The molecule has 0 bridgehead atoms. The first kappa shape index (κ1) is 16.6. The Morgan fingerprint density at radius 2 is 1.89 bits per heavy atom. The quantitative estimate of drug-likeness (QED) is 0.793. The number of hydrogen-bond acceptors (Lipinski definition) is 4. The fraction of sp³-hybridized carbons (Fsp3) is 0.714. The number of anilines is 1. The molecule has 0 radical (unpaired) electrons. The van der Waals surface area contributed by atoms with E-state index in [2.05, 4.69) is 72.5 Å². The monoisotopic (exact) mass is 377 g/mol. The van der Waals surface area contributed by atoms with Gasteiger partial charge in [-0.2, -0.15) is 0 Å². The maximum Gasteiger partial charge on any atom is 0.160 e. The van der Waals surface area contributed by atoms with Crippen LogP contribution in [-0.2, 0) is 11.2 Å². The highest BCUT2D eigenvalue weighted by Gasteiger charge is 2.29. The van der Waals surface area contributed by atoms with Crippen molar-refractivity contribution < 1.29 is 4.74 Å². The Labute approximate surface area is 129 Å². The van der Waals surface area contributed by atoms with Crippen LogP contribution in [0.2, 0.25) is 0 Å². The van der Waals surface area contributed by atoms with Crippen molar-refractivity contribution in [3.8, 4) is 0 Å². The van der Waals surface area contributed by atoms with Gasteiger partial charge >= 0.3 is 0 Å². The summed E-state index contributed by atoms with van der Waals surface area (Å²) >= 11 is 2.31. The molecule has 1 atom stereocenters. The molecule has 108 valence electrons. The number of halogens is 1. The Hall–Kier alpha value is -0.430. The molecular formula is C14H24IN3O. The van der Waals surface area contributed by atoms with Crippen molar-refractivity contribution in [3.05, 3.63) is 15.1 Å². The van der Waals surface area contributed by atoms with Crippen LogP contribution in [0.4, 0.5) is 5.82 Å². The normalized spacial score (nSPS) is 13.4. The van der Waals surface area contributed by atoms with Crippen LogP contribution >= 0.6 is 22.6 Å². The van der Waals surface area contributed by atoms with Gasteiger partial charge in [-0.3, -0.25) is 0 Å². The van der Waals surface area contributed by atoms with Crippen molar-refractivity contribution in [2.24, 2.45) is 5.41 Å². The zero-order chi connectivity index (χ0) is 14.6. The molecule has 1 rings (SSSR count). The van der Waals surface area contributed by atoms with E-state index in [0.29, 0.717) is 0 Å². The average Bonchev–Trinajstić information content (AvgIpc) is 2.32. The number of methoxy groups -OCH3 is 1. The summed E-state index contributed by atoms with van der Waals surface area (Å²) in [5.74, 6) is 1.68. The van der Waals surface area contributed by atoms with Gasteiger partial charge in [-0.15, -0.1) is 0 Å². The van der Waals surface area contributed by atoms with Crippen LogP contribution in [0.5, 0.6) is 0 Å². The molecule has 1 unspecified atom stereocenters. The topological polar surface area (TPSA) is 47.0 Å². The fourth-order valence-corrected chi connectivity index (χ4v) is 2.81. The largest absolute Gasteiger partial charge is 0.373 e. The van der Waals surface area contributed by atoms with E-state index in [9.17, 15) is 0 Å². The van der Waals surface area contributed by atoms with E-state index in [-0.39, 0.29) is 11.5 Å². The van der Waals surface area contributed by atoms with E-state index in [1.165, 1.54) is 0 Å². The fourth-order valence-electron chi connectivity index (χ4n) is 2.00. The molecular weight excluding hydrogens is 353 g/mol. The number of aromatic nitrogens is 2. The molecule has 1 aromatic rings. The predicted octanol–water partition coefficient (Wildman–Crippen LogP) is 3.81. The zero-order valence-corrected chi connectivity index (χ0v) is 14.8. The Kier molecular flexibility index (Phi) is 5.98. The van der Waals surface area contributed by atoms with Crippen LogP contribution < -0.4 is 5.32 Å². The van der Waals surface area contributed by atoms with Gasteiger partial charge < -0.3 is 10.1 Å². The average molecular weight is 377 g/mol. The van der Waals surface area contributed by atoms with E-state index in [4.69, 9.17) is 4.74 Å². The second kappa shape index (κ2) is 6.83. The Balaban J connectivity index is 3.31. The molecule has 5 heteroatoms. The molecule has 0 fully saturated rings. The minimum atomic E-state index is -0.104. The number of hydrogen-bond donors (Lipinski definition) is 1. The van der Waals surface area contributed by atoms with Gasteiger partial charge in [-0.1, -0.05) is 27.7 Å². The van der Waals surface area contributed by atoms with Gasteiger partial charge in [-0.25, -0.2) is 9.97 Å². The van der Waals surface area contributed by atoms with Gasteiger partial charge in [0.1, 0.15) is 11.9 Å². The molecule has 4 nitrogen and oxygen atoms in total. The minimum absolute atomic E-state index is 0.0317. The highest BCUT2D eigenvalue weighted by Crippen LogP contribution is 2.35. The van der Waals surface area contributed by atoms with Gasteiger partial charge in [0.05, 0.1) is 9.26 Å². The Bertz CT molecular complexity index is 429. The molecule has 0 aliphatic rings. The van der Waals surface area contributed by atoms with Crippen molar-refractivity contribution >= 4 is 28.4 Å². The molecule has 0 aliphatic carbocycles. The van der Waals surface area contributed by atoms with Crippen molar-refractivity contribution in [2.45, 2.75) is 47.1 Å². The molecule has 1 heterocycles. The maximum atomic E-state index is 5.62. The van der Waals surface area contributed by atoms with Gasteiger partial charge in [0, 0.05) is 13.7 Å². The van der Waals surface area contributed by atoms with Crippen molar-refractivity contribution in [1.82, 2.24) is 9.97 Å². The molecule has 1 aromatic heterocycles. The lowest BCUT2D eigenvalue weighted by Gasteiger charge is -2.28. The molecule has 0 saturated heterocycles. The lowest BCUT2D eigenvalue weighted by molar-refractivity contribution is 0.00859. The van der Waals surface area contributed by atoms with Gasteiger partial charge in [-0.05, 0) is 41.4 Å². The summed E-state index contributed by atoms with van der Waals surface area (Å²) in [4.78, 5) is 9.34. The van der Waals surface area contributed by atoms with E-state index in [1.54, 1.807) is 7.11 Å². The lowest BCUT2D eigenvalue weighted by Crippen LogP contribution is -2.24. The highest BCUT2D eigenvalue weighted by molar-refractivity contribution is 14.1. The van der Waals surface area contributed by atoms with E-state index >= 15 is 0 Å². The summed E-state index contributed by atoms with van der Waals surface area (Å²) in [6, 6.07) is 0. The van der Waals surface area contributed by atoms with Gasteiger partial charge in [0.25, 0.3) is 0 Å². The molecule has 0 aliphatic heterocycles. The van der Waals surface area contributed by atoms with Gasteiger partial charge in [0.2, 0.25) is 0 Å². The summed E-state index contributed by atoms with van der Waals surface area (Å²) in [5, 5.41) is 3.31. The standard InChI is InChI=1S/C14H24IN3O/c1-7-9-10(15)12(16-8-2)18-13(17-9)11(19-6)14(3,4)5/h11H,7-8H2,1-6H3,(H,16,17,18). The summed E-state index contributed by atoms with van der Waals surface area (Å²) in [6.45, 7) is 11.5. The van der Waals surface area contributed by atoms with E-state index in [1.807, 2.05) is 0 Å². The molecule has 0 amide bonds. The summed E-state index contributed by atoms with van der Waals surface area (Å²) in [5.41, 5.74) is 1.05. The molecule has 0 aromatic carbocycles. The number of rotatable bonds is 5. The molecule has 0 saturated carbocycles. The van der Waals surface area contributed by atoms with Crippen LogP contribution in [0.15, 0.2) is 0 Å². The maximum absolute atomic E-state index is 5.62. The first-order valence-corrected chi connectivity index (χ1v) is 7.75. The Morgan fingerprint density at radius 3 is 2.32 bits per heavy atom. The van der Waals surface area contributed by atoms with Crippen molar-refractivity contribution in [1.29, 1.82) is 0 Å². The summed E-state index contributed by atoms with van der Waals surface area (Å²) < 4.78 is 6.72. The zero-order valence-electron chi connectivity index (χ0n) is 12.7. The second-order valence-corrected chi connectivity index (χ2v) is 6.64. The Morgan fingerprint density at radius 1 is 1.26 bits per heavy atom. The number of nitrogens with zero attached hydrogens (tertiary/aromatic N) is 2. The highest BCUT2D eigenvalue weighted by atomic mass is 127. The SMILES string of the molecule is CCNc1nc(C(OC)C(C)(C)C)nc(CC)c1I. The third-order valence-corrected chi connectivity index (χ3v) is 4.01. The summed E-state index contributed by atoms with van der Waals surface area (Å²) in [7, 11) is 1.72. The first-order chi connectivity index (χ1) is 8.85. The first-order valence-electron chi connectivity index (χ1n) is 6.68. The predicted molar refractivity (Wildman–Crippen MR) is 87.5 cm³/mol. The molecule has 1 N–H and O–H groups in total. The number of aryl methyl sites for hydroxylation is 1. The third kappa shape index (κ3) is 4.02. The van der Waals surface area contributed by atoms with Crippen molar-refractivity contribution in [2.75, 3.05) is 19.0 Å². The number of nitrogens with one attached hydrogen (secondary N) is 1.